The molecule has 1 atom stereocenters. The lowest BCUT2D eigenvalue weighted by Crippen LogP contribution is -2.64. The van der Waals surface area contributed by atoms with E-state index in [2.05, 4.69) is 10.4 Å². The first kappa shape index (κ1) is 23.2. The maximum absolute atomic E-state index is 13.9. The highest BCUT2D eigenvalue weighted by Gasteiger charge is 2.49. The first-order chi connectivity index (χ1) is 17.4. The molecule has 0 fully saturated rings. The first-order valence-electron chi connectivity index (χ1n) is 11.4. The summed E-state index contributed by atoms with van der Waals surface area (Å²) in [4.78, 5) is 29.1. The number of amides is 2. The third-order valence-electron chi connectivity index (χ3n) is 6.34. The van der Waals surface area contributed by atoms with Crippen LogP contribution in [0.2, 0.25) is 0 Å². The molecule has 1 aliphatic heterocycles. The van der Waals surface area contributed by atoms with Crippen molar-refractivity contribution in [2.45, 2.75) is 25.6 Å². The summed E-state index contributed by atoms with van der Waals surface area (Å²) in [5.74, 6) is 1.20. The van der Waals surface area contributed by atoms with Crippen LogP contribution >= 0.6 is 0 Å². The number of fused-ring (bicyclic) bond motifs is 1. The van der Waals surface area contributed by atoms with Crippen molar-refractivity contribution in [2.75, 3.05) is 19.1 Å². The Bertz CT molecular complexity index is 1390. The van der Waals surface area contributed by atoms with Crippen molar-refractivity contribution in [3.8, 4) is 23.0 Å². The minimum Gasteiger partial charge on any atom is -0.497 e. The zero-order valence-electron chi connectivity index (χ0n) is 20.2. The lowest BCUT2D eigenvalue weighted by molar-refractivity contribution is -0.126. The Morgan fingerprint density at radius 3 is 2.53 bits per heavy atom. The summed E-state index contributed by atoms with van der Waals surface area (Å²) >= 11 is 0. The second-order valence-electron chi connectivity index (χ2n) is 8.70. The molecule has 4 aromatic rings. The van der Waals surface area contributed by atoms with E-state index in [4.69, 9.17) is 13.9 Å². The first-order valence-corrected chi connectivity index (χ1v) is 11.4. The fourth-order valence-corrected chi connectivity index (χ4v) is 4.40. The number of ether oxygens (including phenoxy) is 2. The number of furan rings is 1. The SMILES string of the molecule is COc1ccc(CNC(=O)[C@@]2(C)Cn3nc(-c4ccco4)cc3C(=O)N2c2cccc(OC)c2)cc1. The van der Waals surface area contributed by atoms with Gasteiger partial charge in [0.2, 0.25) is 5.91 Å². The standard InChI is InChI=1S/C27H26N4O5/c1-27(26(33)28-16-18-9-11-20(34-2)12-10-18)17-30-23(15-22(29-30)24-8-5-13-36-24)25(32)31(27)19-6-4-7-21(14-19)35-3/h4-15H,16-17H2,1-3H3,(H,28,33)/t27-/m1/s1. The molecule has 9 heteroatoms. The van der Waals surface area contributed by atoms with E-state index in [1.165, 1.54) is 4.90 Å². The molecule has 1 N–H and O–H groups in total. The normalized spacial score (nSPS) is 17.0. The maximum Gasteiger partial charge on any atom is 0.277 e. The number of nitrogens with one attached hydrogen (secondary N) is 1. The predicted octanol–water partition coefficient (Wildman–Crippen LogP) is 3.90. The summed E-state index contributed by atoms with van der Waals surface area (Å²) in [5, 5.41) is 7.57. The molecule has 36 heavy (non-hydrogen) atoms. The number of nitrogens with zero attached hydrogens (tertiary/aromatic N) is 3. The number of carbonyl (C=O) groups is 2. The van der Waals surface area contributed by atoms with Crippen molar-refractivity contribution in [1.29, 1.82) is 0 Å². The van der Waals surface area contributed by atoms with Crippen LogP contribution in [0.15, 0.2) is 77.4 Å². The van der Waals surface area contributed by atoms with E-state index < -0.39 is 5.54 Å². The molecule has 184 valence electrons. The summed E-state index contributed by atoms with van der Waals surface area (Å²) in [6.07, 6.45) is 1.55. The highest BCUT2D eigenvalue weighted by molar-refractivity contribution is 6.12. The molecule has 3 heterocycles. The fraction of sp³-hybridized carbons (Fsp3) is 0.222. The van der Waals surface area contributed by atoms with E-state index in [1.807, 2.05) is 24.3 Å². The van der Waals surface area contributed by atoms with Gasteiger partial charge in [-0.2, -0.15) is 5.10 Å². The summed E-state index contributed by atoms with van der Waals surface area (Å²) in [5.41, 5.74) is 1.08. The van der Waals surface area contributed by atoms with Gasteiger partial charge in [-0.1, -0.05) is 18.2 Å². The van der Waals surface area contributed by atoms with E-state index in [-0.39, 0.29) is 18.4 Å². The summed E-state index contributed by atoms with van der Waals surface area (Å²) in [6.45, 7) is 2.19. The van der Waals surface area contributed by atoms with Gasteiger partial charge in [0.15, 0.2) is 5.76 Å². The molecule has 0 aliphatic carbocycles. The molecule has 9 nitrogen and oxygen atoms in total. The van der Waals surface area contributed by atoms with Gasteiger partial charge in [-0.25, -0.2) is 0 Å². The third kappa shape index (κ3) is 4.08. The Kier molecular flexibility index (Phi) is 5.97. The van der Waals surface area contributed by atoms with Gasteiger partial charge >= 0.3 is 0 Å². The van der Waals surface area contributed by atoms with Gasteiger partial charge in [0.05, 0.1) is 27.0 Å². The van der Waals surface area contributed by atoms with Crippen molar-refractivity contribution < 1.29 is 23.5 Å². The number of rotatable bonds is 7. The lowest BCUT2D eigenvalue weighted by Gasteiger charge is -2.43. The lowest BCUT2D eigenvalue weighted by atomic mass is 9.93. The van der Waals surface area contributed by atoms with E-state index >= 15 is 0 Å². The Labute approximate surface area is 208 Å². The summed E-state index contributed by atoms with van der Waals surface area (Å²) in [6, 6.07) is 19.8. The van der Waals surface area contributed by atoms with Crippen LogP contribution in [-0.4, -0.2) is 41.4 Å². The molecule has 0 radical (unpaired) electrons. The average Bonchev–Trinajstić information content (AvgIpc) is 3.58. The number of carbonyl (C=O) groups excluding carboxylic acids is 2. The molecule has 0 spiro atoms. The zero-order chi connectivity index (χ0) is 25.3. The van der Waals surface area contributed by atoms with Crippen molar-refractivity contribution in [1.82, 2.24) is 15.1 Å². The van der Waals surface area contributed by atoms with Crippen LogP contribution in [0.3, 0.4) is 0 Å². The summed E-state index contributed by atoms with van der Waals surface area (Å²) in [7, 11) is 3.16. The molecule has 0 unspecified atom stereocenters. The van der Waals surface area contributed by atoms with Crippen LogP contribution in [0.1, 0.15) is 23.0 Å². The molecule has 2 aromatic heterocycles. The van der Waals surface area contributed by atoms with Gasteiger partial charge in [0.25, 0.3) is 5.91 Å². The van der Waals surface area contributed by atoms with Gasteiger partial charge in [-0.3, -0.25) is 19.2 Å². The molecule has 0 saturated carbocycles. The second kappa shape index (κ2) is 9.26. The Balaban J connectivity index is 1.51. The molecule has 2 amide bonds. The zero-order valence-corrected chi connectivity index (χ0v) is 20.2. The number of hydrogen-bond donors (Lipinski definition) is 1. The quantitative estimate of drug-likeness (QED) is 0.426. The van der Waals surface area contributed by atoms with E-state index in [9.17, 15) is 9.59 Å². The smallest absolute Gasteiger partial charge is 0.277 e. The number of anilines is 1. The molecule has 2 aromatic carbocycles. The van der Waals surface area contributed by atoms with Crippen LogP contribution in [0.4, 0.5) is 5.69 Å². The second-order valence-corrected chi connectivity index (χ2v) is 8.70. The van der Waals surface area contributed by atoms with Crippen molar-refractivity contribution in [3.05, 3.63) is 84.3 Å². The van der Waals surface area contributed by atoms with Gasteiger partial charge in [-0.15, -0.1) is 0 Å². The Morgan fingerprint density at radius 1 is 1.06 bits per heavy atom. The average molecular weight is 487 g/mol. The fourth-order valence-electron chi connectivity index (χ4n) is 4.40. The monoisotopic (exact) mass is 486 g/mol. The largest absolute Gasteiger partial charge is 0.497 e. The van der Waals surface area contributed by atoms with E-state index in [0.717, 1.165) is 11.3 Å². The van der Waals surface area contributed by atoms with E-state index in [1.54, 1.807) is 74.6 Å². The predicted molar refractivity (Wildman–Crippen MR) is 133 cm³/mol. The Hall–Kier alpha value is -4.53. The number of aromatic nitrogens is 2. The Morgan fingerprint density at radius 2 is 1.83 bits per heavy atom. The van der Waals surface area contributed by atoms with Crippen LogP contribution in [0.5, 0.6) is 11.5 Å². The van der Waals surface area contributed by atoms with Crippen LogP contribution in [-0.2, 0) is 17.9 Å². The maximum atomic E-state index is 13.9. The molecular weight excluding hydrogens is 460 g/mol. The van der Waals surface area contributed by atoms with Gasteiger partial charge in [0, 0.05) is 24.4 Å². The molecular formula is C27H26N4O5. The third-order valence-corrected chi connectivity index (χ3v) is 6.34. The van der Waals surface area contributed by atoms with Gasteiger partial charge in [-0.05, 0) is 48.9 Å². The van der Waals surface area contributed by atoms with Crippen LogP contribution in [0.25, 0.3) is 11.5 Å². The van der Waals surface area contributed by atoms with Crippen molar-refractivity contribution in [2.24, 2.45) is 0 Å². The topological polar surface area (TPSA) is 98.8 Å². The molecule has 1 aliphatic rings. The van der Waals surface area contributed by atoms with Crippen LogP contribution in [0, 0.1) is 0 Å². The van der Waals surface area contributed by atoms with Crippen LogP contribution < -0.4 is 19.7 Å². The van der Waals surface area contributed by atoms with Crippen molar-refractivity contribution in [3.63, 3.8) is 0 Å². The highest BCUT2D eigenvalue weighted by atomic mass is 16.5. The van der Waals surface area contributed by atoms with Gasteiger partial charge in [0.1, 0.15) is 28.4 Å². The summed E-state index contributed by atoms with van der Waals surface area (Å²) < 4.78 is 17.6. The van der Waals surface area contributed by atoms with E-state index in [0.29, 0.717) is 35.1 Å². The highest BCUT2D eigenvalue weighted by Crippen LogP contribution is 2.35. The number of benzene rings is 2. The van der Waals surface area contributed by atoms with Crippen molar-refractivity contribution >= 4 is 17.5 Å². The minimum absolute atomic E-state index is 0.153. The molecule has 0 saturated heterocycles. The number of hydrogen-bond acceptors (Lipinski definition) is 6. The minimum atomic E-state index is -1.27. The number of methoxy groups -OCH3 is 2. The molecule has 0 bridgehead atoms. The van der Waals surface area contributed by atoms with Gasteiger partial charge < -0.3 is 19.2 Å². The molecule has 5 rings (SSSR count).